The highest BCUT2D eigenvalue weighted by Crippen LogP contribution is 2.35. The summed E-state index contributed by atoms with van der Waals surface area (Å²) in [5.74, 6) is 0. The molecule has 0 radical (unpaired) electrons. The molecular formula is C10H16N2OS. The molecule has 1 aliphatic carbocycles. The Morgan fingerprint density at radius 3 is 2.64 bits per heavy atom. The molecule has 1 N–H and O–H groups in total. The molecule has 0 aromatic carbocycles. The first-order valence-corrected chi connectivity index (χ1v) is 5.79. The van der Waals surface area contributed by atoms with Crippen molar-refractivity contribution in [3.8, 4) is 0 Å². The molecule has 1 atom stereocenters. The van der Waals surface area contributed by atoms with Gasteiger partial charge >= 0.3 is 0 Å². The topological polar surface area (TPSA) is 36.4 Å². The first-order valence-electron chi connectivity index (χ1n) is 4.98. The minimum absolute atomic E-state index is 0.395. The Labute approximate surface area is 88.4 Å². The van der Waals surface area contributed by atoms with Crippen molar-refractivity contribution in [2.45, 2.75) is 38.8 Å². The molecule has 1 fully saturated rings. The summed E-state index contributed by atoms with van der Waals surface area (Å²) in [6.45, 7) is 3.75. The maximum Gasteiger partial charge on any atom is 0.185 e. The van der Waals surface area contributed by atoms with E-state index in [4.69, 9.17) is 0 Å². The lowest BCUT2D eigenvalue weighted by Gasteiger charge is -2.13. The molecule has 1 heterocycles. The summed E-state index contributed by atoms with van der Waals surface area (Å²) in [4.78, 5) is 7.70. The second kappa shape index (κ2) is 3.51. The third kappa shape index (κ3) is 1.77. The Bertz CT molecular complexity index is 331. The Morgan fingerprint density at radius 1 is 1.57 bits per heavy atom. The van der Waals surface area contributed by atoms with Gasteiger partial charge in [0.05, 0.1) is 16.7 Å². The van der Waals surface area contributed by atoms with Crippen LogP contribution in [0.25, 0.3) is 0 Å². The van der Waals surface area contributed by atoms with Crippen molar-refractivity contribution in [2.24, 2.45) is 0 Å². The number of rotatable bonds is 3. The Hall–Kier alpha value is -0.610. The molecule has 0 amide bonds. The molecular weight excluding hydrogens is 196 g/mol. The highest BCUT2D eigenvalue weighted by molar-refractivity contribution is 7.15. The maximum atomic E-state index is 9.51. The smallest absolute Gasteiger partial charge is 0.185 e. The van der Waals surface area contributed by atoms with Crippen LogP contribution in [0.5, 0.6) is 0 Å². The van der Waals surface area contributed by atoms with E-state index in [-0.39, 0.29) is 0 Å². The van der Waals surface area contributed by atoms with Crippen LogP contribution in [0.4, 0.5) is 5.13 Å². The molecule has 1 saturated carbocycles. The monoisotopic (exact) mass is 212 g/mol. The van der Waals surface area contributed by atoms with Crippen LogP contribution in [-0.2, 0) is 0 Å². The van der Waals surface area contributed by atoms with Crippen LogP contribution < -0.4 is 4.90 Å². The second-order valence-corrected chi connectivity index (χ2v) is 4.97. The molecule has 0 bridgehead atoms. The Morgan fingerprint density at radius 2 is 2.21 bits per heavy atom. The first kappa shape index (κ1) is 9.93. The summed E-state index contributed by atoms with van der Waals surface area (Å²) in [5.41, 5.74) is 0.965. The number of aliphatic hydroxyl groups is 1. The predicted molar refractivity (Wildman–Crippen MR) is 58.9 cm³/mol. The van der Waals surface area contributed by atoms with Gasteiger partial charge in [0.25, 0.3) is 0 Å². The lowest BCUT2D eigenvalue weighted by Crippen LogP contribution is -2.18. The largest absolute Gasteiger partial charge is 0.388 e. The summed E-state index contributed by atoms with van der Waals surface area (Å²) in [5, 5.41) is 10.5. The van der Waals surface area contributed by atoms with E-state index in [1.54, 1.807) is 18.3 Å². The number of thiazole rings is 1. The van der Waals surface area contributed by atoms with Gasteiger partial charge in [0.15, 0.2) is 5.13 Å². The Balaban J connectivity index is 2.22. The van der Waals surface area contributed by atoms with Gasteiger partial charge in [-0.25, -0.2) is 4.98 Å². The molecule has 78 valence electrons. The van der Waals surface area contributed by atoms with Crippen LogP contribution in [0.3, 0.4) is 0 Å². The van der Waals surface area contributed by atoms with Crippen LogP contribution in [-0.4, -0.2) is 23.2 Å². The molecule has 1 aromatic heterocycles. The van der Waals surface area contributed by atoms with Gasteiger partial charge in [-0.1, -0.05) is 11.3 Å². The van der Waals surface area contributed by atoms with Crippen molar-refractivity contribution in [3.63, 3.8) is 0 Å². The molecule has 1 aromatic rings. The van der Waals surface area contributed by atoms with Crippen molar-refractivity contribution < 1.29 is 5.11 Å². The van der Waals surface area contributed by atoms with E-state index >= 15 is 0 Å². The van der Waals surface area contributed by atoms with Gasteiger partial charge in [-0.05, 0) is 26.7 Å². The van der Waals surface area contributed by atoms with Crippen molar-refractivity contribution >= 4 is 16.5 Å². The van der Waals surface area contributed by atoms with E-state index in [1.165, 1.54) is 12.8 Å². The average molecular weight is 212 g/mol. The van der Waals surface area contributed by atoms with E-state index in [9.17, 15) is 5.11 Å². The molecule has 14 heavy (non-hydrogen) atoms. The van der Waals surface area contributed by atoms with E-state index < -0.39 is 6.10 Å². The van der Waals surface area contributed by atoms with Gasteiger partial charge in [0.2, 0.25) is 0 Å². The van der Waals surface area contributed by atoms with Crippen LogP contribution in [0.1, 0.15) is 36.4 Å². The predicted octanol–water partition coefficient (Wildman–Crippen LogP) is 2.10. The van der Waals surface area contributed by atoms with Crippen LogP contribution in [0.2, 0.25) is 0 Å². The third-order valence-corrected chi connectivity index (χ3v) is 4.02. The number of hydrogen-bond acceptors (Lipinski definition) is 4. The quantitative estimate of drug-likeness (QED) is 0.833. The van der Waals surface area contributed by atoms with E-state index in [0.29, 0.717) is 6.04 Å². The molecule has 4 heteroatoms. The summed E-state index contributed by atoms with van der Waals surface area (Å²) in [6.07, 6.45) is 2.16. The summed E-state index contributed by atoms with van der Waals surface area (Å²) in [7, 11) is 2.09. The highest BCUT2D eigenvalue weighted by atomic mass is 32.1. The summed E-state index contributed by atoms with van der Waals surface area (Å²) < 4.78 is 0. The molecule has 0 saturated heterocycles. The SMILES string of the molecule is Cc1nc(N(C)C2CC2)sc1C(C)O. The van der Waals surface area contributed by atoms with Gasteiger partial charge in [-0.15, -0.1) is 0 Å². The van der Waals surface area contributed by atoms with E-state index in [0.717, 1.165) is 15.7 Å². The molecule has 0 spiro atoms. The maximum absolute atomic E-state index is 9.51. The minimum Gasteiger partial charge on any atom is -0.388 e. The van der Waals surface area contributed by atoms with Crippen LogP contribution >= 0.6 is 11.3 Å². The van der Waals surface area contributed by atoms with Crippen molar-refractivity contribution in [1.82, 2.24) is 4.98 Å². The lowest BCUT2D eigenvalue weighted by molar-refractivity contribution is 0.202. The first-order chi connectivity index (χ1) is 6.59. The fraction of sp³-hybridized carbons (Fsp3) is 0.700. The van der Waals surface area contributed by atoms with E-state index in [1.807, 2.05) is 6.92 Å². The second-order valence-electron chi connectivity index (χ2n) is 3.96. The number of anilines is 1. The zero-order valence-corrected chi connectivity index (χ0v) is 9.64. The van der Waals surface area contributed by atoms with Crippen LogP contribution in [0, 0.1) is 6.92 Å². The summed E-state index contributed by atoms with van der Waals surface area (Å²) >= 11 is 1.61. The van der Waals surface area contributed by atoms with Crippen molar-refractivity contribution in [1.29, 1.82) is 0 Å². The third-order valence-electron chi connectivity index (χ3n) is 2.60. The van der Waals surface area contributed by atoms with Crippen molar-refractivity contribution in [2.75, 3.05) is 11.9 Å². The molecule has 1 aliphatic rings. The van der Waals surface area contributed by atoms with E-state index in [2.05, 4.69) is 16.9 Å². The number of aryl methyl sites for hydroxylation is 1. The van der Waals surface area contributed by atoms with Gasteiger partial charge in [0, 0.05) is 13.1 Å². The van der Waals surface area contributed by atoms with Gasteiger partial charge in [-0.3, -0.25) is 0 Å². The molecule has 0 aliphatic heterocycles. The zero-order chi connectivity index (χ0) is 10.3. The zero-order valence-electron chi connectivity index (χ0n) is 8.82. The molecule has 1 unspecified atom stereocenters. The van der Waals surface area contributed by atoms with Gasteiger partial charge in [-0.2, -0.15) is 0 Å². The highest BCUT2D eigenvalue weighted by Gasteiger charge is 2.28. The van der Waals surface area contributed by atoms with Gasteiger partial charge < -0.3 is 10.0 Å². The fourth-order valence-corrected chi connectivity index (χ4v) is 2.59. The lowest BCUT2D eigenvalue weighted by atomic mass is 10.3. The molecule has 3 nitrogen and oxygen atoms in total. The number of aromatic nitrogens is 1. The van der Waals surface area contributed by atoms with Gasteiger partial charge in [0.1, 0.15) is 0 Å². The normalized spacial score (nSPS) is 18.3. The van der Waals surface area contributed by atoms with Crippen LogP contribution in [0.15, 0.2) is 0 Å². The minimum atomic E-state index is -0.395. The standard InChI is InChI=1S/C10H16N2OS/c1-6-9(7(2)13)14-10(11-6)12(3)8-4-5-8/h7-8,13H,4-5H2,1-3H3. The summed E-state index contributed by atoms with van der Waals surface area (Å²) in [6, 6.07) is 0.683. The fourth-order valence-electron chi connectivity index (χ4n) is 1.55. The number of hydrogen-bond donors (Lipinski definition) is 1. The average Bonchev–Trinajstić information content (AvgIpc) is 2.88. The number of aliphatic hydroxyl groups excluding tert-OH is 1. The Kier molecular flexibility index (Phi) is 2.49. The van der Waals surface area contributed by atoms with Crippen molar-refractivity contribution in [3.05, 3.63) is 10.6 Å². The number of nitrogens with zero attached hydrogens (tertiary/aromatic N) is 2. The molecule has 2 rings (SSSR count).